The second-order valence-electron chi connectivity index (χ2n) is 6.57. The molecule has 0 saturated heterocycles. The van der Waals surface area contributed by atoms with E-state index in [1.165, 1.54) is 0 Å². The second kappa shape index (κ2) is 10.1. The third-order valence-corrected chi connectivity index (χ3v) is 5.91. The normalized spacial score (nSPS) is 12.6. The summed E-state index contributed by atoms with van der Waals surface area (Å²) < 4.78 is 16.2. The lowest BCUT2D eigenvalue weighted by atomic mass is 10.1. The van der Waals surface area contributed by atoms with Gasteiger partial charge >= 0.3 is 5.97 Å². The molecule has 0 aliphatic carbocycles. The Balaban J connectivity index is 1.87. The minimum atomic E-state index is -1.64. The molecule has 4 N–H and O–H groups in total. The van der Waals surface area contributed by atoms with Gasteiger partial charge in [-0.2, -0.15) is 0 Å². The van der Waals surface area contributed by atoms with Gasteiger partial charge in [-0.3, -0.25) is 0 Å². The largest absolute Gasteiger partial charge is 0.497 e. The molecule has 0 aromatic heterocycles. The predicted molar refractivity (Wildman–Crippen MR) is 119 cm³/mol. The molecule has 0 saturated carbocycles. The van der Waals surface area contributed by atoms with Crippen LogP contribution in [0, 0.1) is 0 Å². The van der Waals surface area contributed by atoms with Crippen molar-refractivity contribution >= 4 is 23.4 Å². The molecule has 3 aromatic carbocycles. The summed E-state index contributed by atoms with van der Waals surface area (Å²) in [6.07, 6.45) is -1.64. The van der Waals surface area contributed by atoms with Crippen LogP contribution in [0.4, 0.5) is 5.69 Å². The van der Waals surface area contributed by atoms with Crippen LogP contribution in [0.15, 0.2) is 71.6 Å². The first-order chi connectivity index (χ1) is 14.9. The zero-order chi connectivity index (χ0) is 22.4. The lowest BCUT2D eigenvalue weighted by molar-refractivity contribution is -0.146. The molecular weight excluding hydrogens is 418 g/mol. The molecule has 0 spiro atoms. The first-order valence-electron chi connectivity index (χ1n) is 9.34. The van der Waals surface area contributed by atoms with Gasteiger partial charge in [0.2, 0.25) is 0 Å². The summed E-state index contributed by atoms with van der Waals surface area (Å²) in [5.74, 6) is 1.16. The Labute approximate surface area is 184 Å². The minimum absolute atomic E-state index is 0.447. The lowest BCUT2D eigenvalue weighted by Crippen LogP contribution is -2.26. The molecule has 8 heteroatoms. The number of ether oxygens (including phenoxy) is 3. The van der Waals surface area contributed by atoms with Crippen LogP contribution in [0.1, 0.15) is 10.8 Å². The number of nitrogen functional groups attached to an aromatic ring is 1. The van der Waals surface area contributed by atoms with Gasteiger partial charge in [-0.1, -0.05) is 12.1 Å². The number of methoxy groups -OCH3 is 2. The maximum atomic E-state index is 11.5. The van der Waals surface area contributed by atoms with E-state index in [9.17, 15) is 15.0 Å². The summed E-state index contributed by atoms with van der Waals surface area (Å²) in [6, 6.07) is 19.1. The molecule has 0 amide bonds. The number of anilines is 1. The van der Waals surface area contributed by atoms with E-state index >= 15 is 0 Å². The maximum absolute atomic E-state index is 11.5. The van der Waals surface area contributed by atoms with E-state index in [0.29, 0.717) is 39.1 Å². The maximum Gasteiger partial charge on any atom is 0.334 e. The number of benzene rings is 3. The van der Waals surface area contributed by atoms with Crippen LogP contribution >= 0.6 is 11.8 Å². The van der Waals surface area contributed by atoms with Gasteiger partial charge in [-0.05, 0) is 60.2 Å². The first kappa shape index (κ1) is 22.3. The van der Waals surface area contributed by atoms with Crippen molar-refractivity contribution in [3.63, 3.8) is 0 Å². The number of rotatable bonds is 9. The molecule has 0 aliphatic rings. The first-order valence-corrected chi connectivity index (χ1v) is 10.2. The highest BCUT2D eigenvalue weighted by atomic mass is 32.2. The number of aliphatic carboxylic acids is 1. The highest BCUT2D eigenvalue weighted by molar-refractivity contribution is 7.99. The Morgan fingerprint density at radius 3 is 1.94 bits per heavy atom. The summed E-state index contributed by atoms with van der Waals surface area (Å²) in [5, 5.41) is 18.9. The molecule has 31 heavy (non-hydrogen) atoms. The van der Waals surface area contributed by atoms with Gasteiger partial charge in [0, 0.05) is 10.6 Å². The van der Waals surface area contributed by atoms with Gasteiger partial charge in [0.15, 0.2) is 6.10 Å². The van der Waals surface area contributed by atoms with Gasteiger partial charge in [-0.15, -0.1) is 11.8 Å². The zero-order valence-corrected chi connectivity index (χ0v) is 17.8. The van der Waals surface area contributed by atoms with Crippen molar-refractivity contribution in [3.8, 4) is 23.0 Å². The molecule has 0 unspecified atom stereocenters. The van der Waals surface area contributed by atoms with E-state index in [1.807, 2.05) is 0 Å². The third-order valence-electron chi connectivity index (χ3n) is 4.52. The van der Waals surface area contributed by atoms with Crippen LogP contribution in [0.5, 0.6) is 23.0 Å². The molecule has 162 valence electrons. The van der Waals surface area contributed by atoms with E-state index in [-0.39, 0.29) is 0 Å². The van der Waals surface area contributed by atoms with Gasteiger partial charge in [0.05, 0.1) is 19.5 Å². The molecule has 3 rings (SSSR count). The Morgan fingerprint density at radius 1 is 0.871 bits per heavy atom. The fourth-order valence-corrected chi connectivity index (χ4v) is 4.04. The van der Waals surface area contributed by atoms with Gasteiger partial charge < -0.3 is 30.2 Å². The second-order valence-corrected chi connectivity index (χ2v) is 7.76. The summed E-state index contributed by atoms with van der Waals surface area (Å²) in [7, 11) is 3.13. The SMILES string of the molecule is COc1ccc(Oc2ccc(N)c(S[C@@H](c3ccc(OC)cc3)[C@@H](O)C(=O)O)c2)cc1. The van der Waals surface area contributed by atoms with Crippen LogP contribution in [-0.2, 0) is 4.79 Å². The van der Waals surface area contributed by atoms with Crippen molar-refractivity contribution in [2.45, 2.75) is 16.2 Å². The van der Waals surface area contributed by atoms with Crippen LogP contribution in [-0.4, -0.2) is 36.5 Å². The van der Waals surface area contributed by atoms with E-state index in [1.54, 1.807) is 80.9 Å². The van der Waals surface area contributed by atoms with Crippen LogP contribution in [0.2, 0.25) is 0 Å². The predicted octanol–water partition coefficient (Wildman–Crippen LogP) is 4.36. The number of thioether (sulfide) groups is 1. The van der Waals surface area contributed by atoms with E-state index < -0.39 is 17.3 Å². The van der Waals surface area contributed by atoms with Gasteiger partial charge in [-0.25, -0.2) is 4.79 Å². The monoisotopic (exact) mass is 441 g/mol. The molecule has 0 radical (unpaired) electrons. The average Bonchev–Trinajstić information content (AvgIpc) is 2.79. The number of carboxylic acids is 1. The molecule has 0 bridgehead atoms. The summed E-state index contributed by atoms with van der Waals surface area (Å²) in [6.45, 7) is 0. The molecule has 0 aliphatic heterocycles. The molecule has 3 aromatic rings. The van der Waals surface area contributed by atoms with Crippen molar-refractivity contribution in [3.05, 3.63) is 72.3 Å². The average molecular weight is 442 g/mol. The van der Waals surface area contributed by atoms with E-state index in [4.69, 9.17) is 19.9 Å². The van der Waals surface area contributed by atoms with Crippen LogP contribution < -0.4 is 19.9 Å². The van der Waals surface area contributed by atoms with Crippen molar-refractivity contribution in [1.82, 2.24) is 0 Å². The number of carbonyl (C=O) groups is 1. The Morgan fingerprint density at radius 2 is 1.39 bits per heavy atom. The number of hydrogen-bond donors (Lipinski definition) is 3. The van der Waals surface area contributed by atoms with E-state index in [2.05, 4.69) is 0 Å². The third kappa shape index (κ3) is 5.62. The van der Waals surface area contributed by atoms with Crippen molar-refractivity contribution in [1.29, 1.82) is 0 Å². The van der Waals surface area contributed by atoms with Crippen LogP contribution in [0.25, 0.3) is 0 Å². The standard InChI is InChI=1S/C23H23NO6S/c1-28-15-5-3-14(4-6-15)22(21(25)23(26)27)31-20-13-18(11-12-19(20)24)30-17-9-7-16(29-2)8-10-17/h3-13,21-22,25H,24H2,1-2H3,(H,26,27)/t21-,22+/m1/s1. The van der Waals surface area contributed by atoms with Gasteiger partial charge in [0.1, 0.15) is 23.0 Å². The highest BCUT2D eigenvalue weighted by Gasteiger charge is 2.29. The number of carboxylic acid groups (broad SMARTS) is 1. The van der Waals surface area contributed by atoms with Gasteiger partial charge in [0.25, 0.3) is 0 Å². The van der Waals surface area contributed by atoms with Crippen LogP contribution in [0.3, 0.4) is 0 Å². The Bertz CT molecular complexity index is 1020. The fraction of sp³-hybridized carbons (Fsp3) is 0.174. The number of nitrogens with two attached hydrogens (primary N) is 1. The van der Waals surface area contributed by atoms with E-state index in [0.717, 1.165) is 11.8 Å². The summed E-state index contributed by atoms with van der Waals surface area (Å²) >= 11 is 1.15. The topological polar surface area (TPSA) is 111 Å². The fourth-order valence-electron chi connectivity index (χ4n) is 2.83. The number of hydrogen-bond acceptors (Lipinski definition) is 7. The Hall–Kier alpha value is -3.36. The lowest BCUT2D eigenvalue weighted by Gasteiger charge is -2.21. The quantitative estimate of drug-likeness (QED) is 0.332. The Kier molecular flexibility index (Phi) is 7.28. The molecule has 2 atom stereocenters. The zero-order valence-electron chi connectivity index (χ0n) is 17.0. The van der Waals surface area contributed by atoms with Crippen molar-refractivity contribution < 1.29 is 29.2 Å². The molecule has 0 heterocycles. The molecular formula is C23H23NO6S. The minimum Gasteiger partial charge on any atom is -0.497 e. The smallest absolute Gasteiger partial charge is 0.334 e. The summed E-state index contributed by atoms with van der Waals surface area (Å²) in [5.41, 5.74) is 7.20. The van der Waals surface area contributed by atoms with Crippen molar-refractivity contribution in [2.75, 3.05) is 20.0 Å². The molecule has 0 fully saturated rings. The number of aliphatic hydroxyl groups is 1. The molecule has 7 nitrogen and oxygen atoms in total. The highest BCUT2D eigenvalue weighted by Crippen LogP contribution is 2.42. The number of aliphatic hydroxyl groups excluding tert-OH is 1. The van der Waals surface area contributed by atoms with Crippen molar-refractivity contribution in [2.24, 2.45) is 0 Å². The summed E-state index contributed by atoms with van der Waals surface area (Å²) in [4.78, 5) is 12.1.